The van der Waals surface area contributed by atoms with Gasteiger partial charge in [-0.1, -0.05) is 0 Å². The van der Waals surface area contributed by atoms with Crippen LogP contribution in [0.2, 0.25) is 0 Å². The molecular formula is C14H21NO3. The molecule has 1 unspecified atom stereocenters. The monoisotopic (exact) mass is 251 g/mol. The van der Waals surface area contributed by atoms with E-state index in [-0.39, 0.29) is 5.91 Å². The number of carbonyl (C=O) groups excluding carboxylic acids is 1. The molecule has 1 heterocycles. The van der Waals surface area contributed by atoms with Crippen LogP contribution in [0, 0.1) is 12.3 Å². The predicted molar refractivity (Wildman–Crippen MR) is 68.9 cm³/mol. The maximum absolute atomic E-state index is 12.1. The Morgan fingerprint density at radius 2 is 2.11 bits per heavy atom. The summed E-state index contributed by atoms with van der Waals surface area (Å²) in [6.45, 7) is 2.20. The van der Waals surface area contributed by atoms with Gasteiger partial charge in [0.25, 0.3) is 0 Å². The molecule has 1 atom stereocenters. The van der Waals surface area contributed by atoms with Crippen LogP contribution in [0.5, 0.6) is 0 Å². The number of aliphatic carboxylic acids is 1. The first-order valence-corrected chi connectivity index (χ1v) is 6.49. The summed E-state index contributed by atoms with van der Waals surface area (Å²) in [4.78, 5) is 25.0. The van der Waals surface area contributed by atoms with Crippen molar-refractivity contribution in [3.63, 3.8) is 0 Å². The second-order valence-corrected chi connectivity index (χ2v) is 4.99. The van der Waals surface area contributed by atoms with Gasteiger partial charge in [-0.25, -0.2) is 4.79 Å². The molecule has 4 nitrogen and oxygen atoms in total. The zero-order valence-corrected chi connectivity index (χ0v) is 10.9. The molecule has 0 aliphatic carbocycles. The normalized spacial score (nSPS) is 23.4. The van der Waals surface area contributed by atoms with Crippen LogP contribution in [0.15, 0.2) is 0 Å². The van der Waals surface area contributed by atoms with Crippen LogP contribution in [0.3, 0.4) is 0 Å². The van der Waals surface area contributed by atoms with Crippen LogP contribution in [0.4, 0.5) is 0 Å². The van der Waals surface area contributed by atoms with Crippen molar-refractivity contribution >= 4 is 11.9 Å². The number of nitrogens with zero attached hydrogens (tertiary/aromatic N) is 1. The number of amides is 1. The molecule has 1 fully saturated rings. The molecule has 0 bridgehead atoms. The number of unbranched alkanes of at least 4 members (excludes halogenated alkanes) is 2. The van der Waals surface area contributed by atoms with Gasteiger partial charge in [-0.05, 0) is 39.0 Å². The number of carbonyl (C=O) groups is 2. The SMILES string of the molecule is C#CCCCCC(=O)N1CCCCC1(C)C(=O)O. The molecule has 0 radical (unpaired) electrons. The Morgan fingerprint density at radius 3 is 2.72 bits per heavy atom. The first-order chi connectivity index (χ1) is 8.52. The molecule has 1 saturated heterocycles. The summed E-state index contributed by atoms with van der Waals surface area (Å²) >= 11 is 0. The minimum absolute atomic E-state index is 0.0587. The van der Waals surface area contributed by atoms with Crippen LogP contribution in [-0.4, -0.2) is 34.0 Å². The lowest BCUT2D eigenvalue weighted by Crippen LogP contribution is -2.57. The van der Waals surface area contributed by atoms with Gasteiger partial charge in [0, 0.05) is 19.4 Å². The van der Waals surface area contributed by atoms with Crippen molar-refractivity contribution in [3.8, 4) is 12.3 Å². The fourth-order valence-electron chi connectivity index (χ4n) is 2.38. The van der Waals surface area contributed by atoms with Crippen LogP contribution >= 0.6 is 0 Å². The first kappa shape index (κ1) is 14.6. The molecule has 0 aromatic carbocycles. The highest BCUT2D eigenvalue weighted by molar-refractivity contribution is 5.87. The summed E-state index contributed by atoms with van der Waals surface area (Å²) in [7, 11) is 0. The summed E-state index contributed by atoms with van der Waals surface area (Å²) in [5.74, 6) is 1.57. The van der Waals surface area contributed by atoms with Crippen LogP contribution in [0.25, 0.3) is 0 Å². The van der Waals surface area contributed by atoms with Crippen molar-refractivity contribution in [1.82, 2.24) is 4.90 Å². The number of likely N-dealkylation sites (tertiary alicyclic amines) is 1. The zero-order chi connectivity index (χ0) is 13.6. The number of hydrogen-bond acceptors (Lipinski definition) is 2. The van der Waals surface area contributed by atoms with E-state index in [1.165, 1.54) is 4.90 Å². The van der Waals surface area contributed by atoms with Gasteiger partial charge in [-0.15, -0.1) is 12.3 Å². The summed E-state index contributed by atoms with van der Waals surface area (Å²) in [5.41, 5.74) is -1.03. The van der Waals surface area contributed by atoms with E-state index in [0.29, 0.717) is 25.8 Å². The van der Waals surface area contributed by atoms with Crippen LogP contribution in [-0.2, 0) is 9.59 Å². The highest BCUT2D eigenvalue weighted by Gasteiger charge is 2.43. The second-order valence-electron chi connectivity index (χ2n) is 4.99. The first-order valence-electron chi connectivity index (χ1n) is 6.49. The molecule has 0 saturated carbocycles. The van der Waals surface area contributed by atoms with Gasteiger partial charge in [-0.2, -0.15) is 0 Å². The minimum Gasteiger partial charge on any atom is -0.480 e. The average Bonchev–Trinajstić information content (AvgIpc) is 2.34. The molecule has 18 heavy (non-hydrogen) atoms. The summed E-state index contributed by atoms with van der Waals surface area (Å²) in [5, 5.41) is 9.31. The molecule has 0 spiro atoms. The van der Waals surface area contributed by atoms with E-state index in [2.05, 4.69) is 5.92 Å². The summed E-state index contributed by atoms with van der Waals surface area (Å²) < 4.78 is 0. The summed E-state index contributed by atoms with van der Waals surface area (Å²) in [6, 6.07) is 0. The highest BCUT2D eigenvalue weighted by atomic mass is 16.4. The fraction of sp³-hybridized carbons (Fsp3) is 0.714. The smallest absolute Gasteiger partial charge is 0.329 e. The standard InChI is InChI=1S/C14H21NO3/c1-3-4-5-6-9-12(16)15-11-8-7-10-14(15,2)13(17)18/h1H,4-11H2,2H3,(H,17,18). The second kappa shape index (κ2) is 6.44. The summed E-state index contributed by atoms with van der Waals surface area (Å²) in [6.07, 6.45) is 10.1. The van der Waals surface area contributed by atoms with Gasteiger partial charge in [0.15, 0.2) is 0 Å². The lowest BCUT2D eigenvalue weighted by molar-refractivity contribution is -0.161. The predicted octanol–water partition coefficient (Wildman–Crippen LogP) is 2.04. The fourth-order valence-corrected chi connectivity index (χ4v) is 2.38. The third kappa shape index (κ3) is 3.25. The zero-order valence-electron chi connectivity index (χ0n) is 10.9. The molecule has 1 aliphatic heterocycles. The van der Waals surface area contributed by atoms with E-state index in [1.807, 2.05) is 0 Å². The van der Waals surface area contributed by atoms with E-state index in [0.717, 1.165) is 25.7 Å². The molecule has 1 amide bonds. The van der Waals surface area contributed by atoms with Crippen molar-refractivity contribution in [3.05, 3.63) is 0 Å². The topological polar surface area (TPSA) is 57.6 Å². The van der Waals surface area contributed by atoms with Crippen molar-refractivity contribution in [2.24, 2.45) is 0 Å². The Balaban J connectivity index is 2.59. The number of carboxylic acids is 1. The van der Waals surface area contributed by atoms with E-state index >= 15 is 0 Å². The lowest BCUT2D eigenvalue weighted by atomic mass is 9.88. The third-order valence-electron chi connectivity index (χ3n) is 3.61. The van der Waals surface area contributed by atoms with Crippen molar-refractivity contribution in [2.75, 3.05) is 6.54 Å². The Kier molecular flexibility index (Phi) is 5.21. The maximum atomic E-state index is 12.1. The molecule has 100 valence electrons. The van der Waals surface area contributed by atoms with Gasteiger partial charge in [-0.3, -0.25) is 4.79 Å². The number of rotatable bonds is 5. The molecule has 1 N–H and O–H groups in total. The molecule has 1 rings (SSSR count). The van der Waals surface area contributed by atoms with E-state index in [9.17, 15) is 14.7 Å². The third-order valence-corrected chi connectivity index (χ3v) is 3.61. The average molecular weight is 251 g/mol. The van der Waals surface area contributed by atoms with Gasteiger partial charge < -0.3 is 10.0 Å². The number of terminal acetylenes is 1. The van der Waals surface area contributed by atoms with Crippen molar-refractivity contribution < 1.29 is 14.7 Å². The van der Waals surface area contributed by atoms with Crippen LogP contribution in [0.1, 0.15) is 51.9 Å². The number of piperidine rings is 1. The van der Waals surface area contributed by atoms with Gasteiger partial charge in [0.2, 0.25) is 5.91 Å². The van der Waals surface area contributed by atoms with E-state index in [4.69, 9.17) is 6.42 Å². The Hall–Kier alpha value is -1.50. The Morgan fingerprint density at radius 1 is 1.39 bits per heavy atom. The Bertz CT molecular complexity index is 359. The van der Waals surface area contributed by atoms with Crippen molar-refractivity contribution in [2.45, 2.75) is 57.4 Å². The number of hydrogen-bond donors (Lipinski definition) is 1. The highest BCUT2D eigenvalue weighted by Crippen LogP contribution is 2.29. The molecule has 1 aliphatic rings. The van der Waals surface area contributed by atoms with E-state index < -0.39 is 11.5 Å². The Labute approximate surface area is 108 Å². The lowest BCUT2D eigenvalue weighted by Gasteiger charge is -2.41. The van der Waals surface area contributed by atoms with Crippen molar-refractivity contribution in [1.29, 1.82) is 0 Å². The molecule has 0 aromatic heterocycles. The molecule has 4 heteroatoms. The largest absolute Gasteiger partial charge is 0.480 e. The van der Waals surface area contributed by atoms with E-state index in [1.54, 1.807) is 6.92 Å². The quantitative estimate of drug-likeness (QED) is 0.601. The number of carboxylic acid groups (broad SMARTS) is 1. The van der Waals surface area contributed by atoms with Gasteiger partial charge in [0.1, 0.15) is 5.54 Å². The van der Waals surface area contributed by atoms with Gasteiger partial charge >= 0.3 is 5.97 Å². The maximum Gasteiger partial charge on any atom is 0.329 e. The minimum atomic E-state index is -1.03. The van der Waals surface area contributed by atoms with Crippen LogP contribution < -0.4 is 0 Å². The molecule has 0 aromatic rings. The molecular weight excluding hydrogens is 230 g/mol. The van der Waals surface area contributed by atoms with Gasteiger partial charge in [0.05, 0.1) is 0 Å².